The van der Waals surface area contributed by atoms with Gasteiger partial charge in [0.25, 0.3) is 0 Å². The molecule has 2 aromatic rings. The van der Waals surface area contributed by atoms with Crippen molar-refractivity contribution in [3.63, 3.8) is 0 Å². The van der Waals surface area contributed by atoms with Crippen LogP contribution in [0.4, 0.5) is 0 Å². The summed E-state index contributed by atoms with van der Waals surface area (Å²) in [4.78, 5) is 18.4. The molecule has 2 aromatic heterocycles. The summed E-state index contributed by atoms with van der Waals surface area (Å²) in [6.07, 6.45) is 3.67. The van der Waals surface area contributed by atoms with Crippen molar-refractivity contribution in [1.29, 1.82) is 0 Å². The first-order chi connectivity index (χ1) is 8.70. The number of aromatic amines is 1. The van der Waals surface area contributed by atoms with Crippen molar-refractivity contribution in [3.8, 4) is 0 Å². The van der Waals surface area contributed by atoms with E-state index in [-0.39, 0.29) is 5.97 Å². The Kier molecular flexibility index (Phi) is 3.78. The lowest BCUT2D eigenvalue weighted by atomic mass is 10.4. The largest absolute Gasteiger partial charge is 0.464 e. The van der Waals surface area contributed by atoms with Gasteiger partial charge in [0.05, 0.1) is 13.7 Å². The fourth-order valence-electron chi connectivity index (χ4n) is 1.65. The second-order valence-electron chi connectivity index (χ2n) is 3.95. The molecule has 2 rings (SSSR count). The average molecular weight is 248 g/mol. The Bertz CT molecular complexity index is 530. The van der Waals surface area contributed by atoms with Crippen molar-refractivity contribution in [2.24, 2.45) is 7.05 Å². The standard InChI is InChI=1S/C12H16N4O2/c1-16-6-5-14-11(16)8-13-7-9-3-4-10(15-9)12(17)18-2/h3-6,13,15H,7-8H2,1-2H3. The molecule has 6 heteroatoms. The van der Waals surface area contributed by atoms with E-state index in [9.17, 15) is 4.79 Å². The summed E-state index contributed by atoms with van der Waals surface area (Å²) in [5.74, 6) is 0.611. The van der Waals surface area contributed by atoms with Gasteiger partial charge in [-0.3, -0.25) is 0 Å². The van der Waals surface area contributed by atoms with E-state index in [1.54, 1.807) is 12.3 Å². The number of rotatable bonds is 5. The summed E-state index contributed by atoms with van der Waals surface area (Å²) >= 11 is 0. The maximum Gasteiger partial charge on any atom is 0.354 e. The van der Waals surface area contributed by atoms with Crippen molar-refractivity contribution in [3.05, 3.63) is 41.7 Å². The molecule has 0 bridgehead atoms. The van der Waals surface area contributed by atoms with Gasteiger partial charge in [0, 0.05) is 31.7 Å². The number of methoxy groups -OCH3 is 1. The molecule has 0 aliphatic carbocycles. The minimum atomic E-state index is -0.356. The Labute approximate surface area is 105 Å². The quantitative estimate of drug-likeness (QED) is 0.769. The molecule has 18 heavy (non-hydrogen) atoms. The fourth-order valence-corrected chi connectivity index (χ4v) is 1.65. The maximum absolute atomic E-state index is 11.2. The number of imidazole rings is 1. The molecule has 0 aliphatic rings. The van der Waals surface area contributed by atoms with E-state index in [0.717, 1.165) is 11.5 Å². The van der Waals surface area contributed by atoms with Gasteiger partial charge in [-0.25, -0.2) is 9.78 Å². The number of carbonyl (C=O) groups excluding carboxylic acids is 1. The highest BCUT2D eigenvalue weighted by molar-refractivity contribution is 5.87. The van der Waals surface area contributed by atoms with Gasteiger partial charge in [-0.2, -0.15) is 0 Å². The molecule has 2 N–H and O–H groups in total. The van der Waals surface area contributed by atoms with Crippen LogP contribution in [0.3, 0.4) is 0 Å². The first-order valence-electron chi connectivity index (χ1n) is 5.64. The Hall–Kier alpha value is -2.08. The Morgan fingerprint density at radius 3 is 3.00 bits per heavy atom. The van der Waals surface area contributed by atoms with Crippen LogP contribution in [-0.4, -0.2) is 27.6 Å². The molecule has 6 nitrogen and oxygen atoms in total. The number of H-pyrrole nitrogens is 1. The molecule has 0 radical (unpaired) electrons. The van der Waals surface area contributed by atoms with Crippen molar-refractivity contribution in [2.75, 3.05) is 7.11 Å². The molecule has 0 aromatic carbocycles. The number of ether oxygens (including phenoxy) is 1. The van der Waals surface area contributed by atoms with E-state index < -0.39 is 0 Å². The van der Waals surface area contributed by atoms with Gasteiger partial charge in [0.15, 0.2) is 0 Å². The summed E-state index contributed by atoms with van der Waals surface area (Å²) in [5.41, 5.74) is 1.40. The number of esters is 1. The van der Waals surface area contributed by atoms with Gasteiger partial charge in [-0.15, -0.1) is 0 Å². The fraction of sp³-hybridized carbons (Fsp3) is 0.333. The molecule has 2 heterocycles. The lowest BCUT2D eigenvalue weighted by Gasteiger charge is -2.03. The number of nitrogens with one attached hydrogen (secondary N) is 2. The molecular weight excluding hydrogens is 232 g/mol. The van der Waals surface area contributed by atoms with Crippen LogP contribution in [0.2, 0.25) is 0 Å². The average Bonchev–Trinajstić information content (AvgIpc) is 2.99. The molecule has 0 saturated heterocycles. The third kappa shape index (κ3) is 2.78. The molecular formula is C12H16N4O2. The summed E-state index contributed by atoms with van der Waals surface area (Å²) in [7, 11) is 3.32. The van der Waals surface area contributed by atoms with E-state index in [1.165, 1.54) is 7.11 Å². The topological polar surface area (TPSA) is 71.9 Å². The normalized spacial score (nSPS) is 10.6. The smallest absolute Gasteiger partial charge is 0.354 e. The molecule has 0 saturated carbocycles. The predicted octanol–water partition coefficient (Wildman–Crippen LogP) is 0.825. The van der Waals surface area contributed by atoms with Gasteiger partial charge in [-0.1, -0.05) is 0 Å². The minimum Gasteiger partial charge on any atom is -0.464 e. The zero-order valence-electron chi connectivity index (χ0n) is 10.4. The monoisotopic (exact) mass is 248 g/mol. The summed E-state index contributed by atoms with van der Waals surface area (Å²) < 4.78 is 6.58. The van der Waals surface area contributed by atoms with Crippen LogP contribution in [0.25, 0.3) is 0 Å². The van der Waals surface area contributed by atoms with E-state index in [1.807, 2.05) is 23.9 Å². The van der Waals surface area contributed by atoms with Gasteiger partial charge in [0.2, 0.25) is 0 Å². The lowest BCUT2D eigenvalue weighted by Crippen LogP contribution is -2.16. The molecule has 96 valence electrons. The van der Waals surface area contributed by atoms with Crippen molar-refractivity contribution >= 4 is 5.97 Å². The molecule has 0 amide bonds. The number of hydrogen-bond donors (Lipinski definition) is 2. The number of aryl methyl sites for hydroxylation is 1. The van der Waals surface area contributed by atoms with Crippen LogP contribution >= 0.6 is 0 Å². The molecule has 0 spiro atoms. The van der Waals surface area contributed by atoms with E-state index >= 15 is 0 Å². The zero-order chi connectivity index (χ0) is 13.0. The van der Waals surface area contributed by atoms with Crippen LogP contribution in [0, 0.1) is 0 Å². The molecule has 0 unspecified atom stereocenters. The van der Waals surface area contributed by atoms with Gasteiger partial charge in [-0.05, 0) is 12.1 Å². The number of nitrogens with zero attached hydrogens (tertiary/aromatic N) is 2. The Balaban J connectivity index is 1.85. The van der Waals surface area contributed by atoms with Crippen LogP contribution in [0.5, 0.6) is 0 Å². The van der Waals surface area contributed by atoms with Crippen LogP contribution in [-0.2, 0) is 24.9 Å². The highest BCUT2D eigenvalue weighted by Gasteiger charge is 2.07. The van der Waals surface area contributed by atoms with Gasteiger partial charge in [0.1, 0.15) is 11.5 Å². The van der Waals surface area contributed by atoms with Gasteiger partial charge >= 0.3 is 5.97 Å². The van der Waals surface area contributed by atoms with Gasteiger partial charge < -0.3 is 19.6 Å². The summed E-state index contributed by atoms with van der Waals surface area (Å²) in [6, 6.07) is 3.57. The van der Waals surface area contributed by atoms with Crippen LogP contribution in [0.15, 0.2) is 24.5 Å². The lowest BCUT2D eigenvalue weighted by molar-refractivity contribution is 0.0594. The van der Waals surface area contributed by atoms with Crippen LogP contribution in [0.1, 0.15) is 22.0 Å². The van der Waals surface area contributed by atoms with Crippen molar-refractivity contribution in [2.45, 2.75) is 13.1 Å². The minimum absolute atomic E-state index is 0.356. The third-order valence-corrected chi connectivity index (χ3v) is 2.67. The second kappa shape index (κ2) is 5.50. The maximum atomic E-state index is 11.2. The van der Waals surface area contributed by atoms with E-state index in [0.29, 0.717) is 18.8 Å². The predicted molar refractivity (Wildman–Crippen MR) is 65.9 cm³/mol. The summed E-state index contributed by atoms with van der Waals surface area (Å²) in [6.45, 7) is 1.32. The van der Waals surface area contributed by atoms with Crippen molar-refractivity contribution in [1.82, 2.24) is 19.9 Å². The van der Waals surface area contributed by atoms with Crippen molar-refractivity contribution < 1.29 is 9.53 Å². The molecule has 0 aliphatic heterocycles. The Morgan fingerprint density at radius 2 is 2.33 bits per heavy atom. The first kappa shape index (κ1) is 12.4. The number of aromatic nitrogens is 3. The van der Waals surface area contributed by atoms with E-state index in [2.05, 4.69) is 20.0 Å². The van der Waals surface area contributed by atoms with Crippen LogP contribution < -0.4 is 5.32 Å². The zero-order valence-corrected chi connectivity index (χ0v) is 10.4. The number of hydrogen-bond acceptors (Lipinski definition) is 4. The molecule has 0 atom stereocenters. The number of carbonyl (C=O) groups is 1. The van der Waals surface area contributed by atoms with E-state index in [4.69, 9.17) is 0 Å². The highest BCUT2D eigenvalue weighted by atomic mass is 16.5. The Morgan fingerprint density at radius 1 is 1.50 bits per heavy atom. The summed E-state index contributed by atoms with van der Waals surface area (Å²) in [5, 5.41) is 3.25. The second-order valence-corrected chi connectivity index (χ2v) is 3.95. The SMILES string of the molecule is COC(=O)c1ccc(CNCc2nccn2C)[nH]1. The highest BCUT2D eigenvalue weighted by Crippen LogP contribution is 2.03. The molecule has 0 fully saturated rings. The first-order valence-corrected chi connectivity index (χ1v) is 5.64. The third-order valence-electron chi connectivity index (χ3n) is 2.67.